The SMILES string of the molecule is CCCNc1cncc(NCCCCCCC(C)C)c1. The van der Waals surface area contributed by atoms with Crippen molar-refractivity contribution >= 4 is 11.4 Å². The molecule has 3 nitrogen and oxygen atoms in total. The largest absolute Gasteiger partial charge is 0.384 e. The van der Waals surface area contributed by atoms with Crippen molar-refractivity contribution in [2.75, 3.05) is 23.7 Å². The Labute approximate surface area is 124 Å². The summed E-state index contributed by atoms with van der Waals surface area (Å²) in [5.74, 6) is 0.845. The molecule has 0 unspecified atom stereocenters. The third-order valence-corrected chi connectivity index (χ3v) is 3.35. The Morgan fingerprint density at radius 1 is 0.950 bits per heavy atom. The summed E-state index contributed by atoms with van der Waals surface area (Å²) in [5, 5.41) is 6.82. The molecule has 0 aromatic carbocycles. The standard InChI is InChI=1S/C17H31N3/c1-4-10-19-16-12-17(14-18-13-16)20-11-8-6-5-7-9-15(2)3/h12-15,19-20H,4-11H2,1-3H3. The van der Waals surface area contributed by atoms with Crippen LogP contribution in [0.1, 0.15) is 59.3 Å². The number of hydrogen-bond donors (Lipinski definition) is 2. The number of unbranched alkanes of at least 4 members (excludes halogenated alkanes) is 3. The number of aromatic nitrogens is 1. The lowest BCUT2D eigenvalue weighted by Gasteiger charge is -2.09. The molecular formula is C17H31N3. The van der Waals surface area contributed by atoms with Crippen LogP contribution in [0.4, 0.5) is 11.4 Å². The zero-order chi connectivity index (χ0) is 14.6. The molecule has 0 aliphatic heterocycles. The molecule has 1 aromatic rings. The first kappa shape index (κ1) is 16.8. The van der Waals surface area contributed by atoms with E-state index < -0.39 is 0 Å². The van der Waals surface area contributed by atoms with Gasteiger partial charge in [-0.25, -0.2) is 0 Å². The lowest BCUT2D eigenvalue weighted by atomic mass is 10.0. The molecule has 20 heavy (non-hydrogen) atoms. The molecule has 0 atom stereocenters. The van der Waals surface area contributed by atoms with E-state index in [2.05, 4.69) is 42.5 Å². The second kappa shape index (κ2) is 10.5. The lowest BCUT2D eigenvalue weighted by Crippen LogP contribution is -2.04. The molecule has 0 amide bonds. The van der Waals surface area contributed by atoms with Gasteiger partial charge in [0, 0.05) is 13.1 Å². The number of hydrogen-bond acceptors (Lipinski definition) is 3. The van der Waals surface area contributed by atoms with Gasteiger partial charge in [-0.15, -0.1) is 0 Å². The van der Waals surface area contributed by atoms with Gasteiger partial charge < -0.3 is 10.6 Å². The fourth-order valence-corrected chi connectivity index (χ4v) is 2.17. The van der Waals surface area contributed by atoms with Gasteiger partial charge in [-0.1, -0.05) is 46.5 Å². The molecule has 0 spiro atoms. The number of nitrogens with zero attached hydrogens (tertiary/aromatic N) is 1. The van der Waals surface area contributed by atoms with Gasteiger partial charge >= 0.3 is 0 Å². The molecule has 0 fully saturated rings. The van der Waals surface area contributed by atoms with Gasteiger partial charge in [0.2, 0.25) is 0 Å². The van der Waals surface area contributed by atoms with E-state index in [0.717, 1.165) is 36.8 Å². The summed E-state index contributed by atoms with van der Waals surface area (Å²) in [4.78, 5) is 4.26. The van der Waals surface area contributed by atoms with Gasteiger partial charge in [-0.2, -0.15) is 0 Å². The molecule has 3 heteroatoms. The Bertz CT molecular complexity index is 350. The number of nitrogens with one attached hydrogen (secondary N) is 2. The Morgan fingerprint density at radius 2 is 1.60 bits per heavy atom. The Kier molecular flexibility index (Phi) is 8.84. The van der Waals surface area contributed by atoms with Gasteiger partial charge in [0.15, 0.2) is 0 Å². The highest BCUT2D eigenvalue weighted by atomic mass is 14.9. The predicted octanol–water partition coefficient (Wildman–Crippen LogP) is 4.92. The third-order valence-electron chi connectivity index (χ3n) is 3.35. The molecule has 0 saturated heterocycles. The topological polar surface area (TPSA) is 37.0 Å². The molecule has 0 saturated carbocycles. The first-order valence-electron chi connectivity index (χ1n) is 8.15. The lowest BCUT2D eigenvalue weighted by molar-refractivity contribution is 0.523. The summed E-state index contributed by atoms with van der Waals surface area (Å²) in [5.41, 5.74) is 2.22. The molecule has 0 bridgehead atoms. The van der Waals surface area contributed by atoms with Crippen molar-refractivity contribution in [3.8, 4) is 0 Å². The van der Waals surface area contributed by atoms with E-state index in [1.165, 1.54) is 32.1 Å². The van der Waals surface area contributed by atoms with Gasteiger partial charge in [0.25, 0.3) is 0 Å². The molecule has 0 radical (unpaired) electrons. The molecule has 2 N–H and O–H groups in total. The maximum atomic E-state index is 4.26. The van der Waals surface area contributed by atoms with E-state index in [0.29, 0.717) is 0 Å². The second-order valence-electron chi connectivity index (χ2n) is 5.91. The highest BCUT2D eigenvalue weighted by molar-refractivity contribution is 5.53. The van der Waals surface area contributed by atoms with Crippen molar-refractivity contribution in [3.63, 3.8) is 0 Å². The summed E-state index contributed by atoms with van der Waals surface area (Å²) in [7, 11) is 0. The normalized spacial score (nSPS) is 10.8. The van der Waals surface area contributed by atoms with E-state index in [1.807, 2.05) is 12.4 Å². The number of pyridine rings is 1. The first-order chi connectivity index (χ1) is 9.72. The van der Waals surface area contributed by atoms with E-state index in [9.17, 15) is 0 Å². The number of anilines is 2. The van der Waals surface area contributed by atoms with E-state index in [1.54, 1.807) is 0 Å². The van der Waals surface area contributed by atoms with Crippen LogP contribution in [-0.4, -0.2) is 18.1 Å². The average Bonchev–Trinajstić information content (AvgIpc) is 2.44. The molecule has 0 aliphatic rings. The van der Waals surface area contributed by atoms with Crippen LogP contribution >= 0.6 is 0 Å². The first-order valence-corrected chi connectivity index (χ1v) is 8.15. The fraction of sp³-hybridized carbons (Fsp3) is 0.706. The Hall–Kier alpha value is -1.25. The number of rotatable bonds is 11. The van der Waals surface area contributed by atoms with Crippen LogP contribution in [0.25, 0.3) is 0 Å². The maximum absolute atomic E-state index is 4.26. The summed E-state index contributed by atoms with van der Waals surface area (Å²) < 4.78 is 0. The van der Waals surface area contributed by atoms with E-state index in [-0.39, 0.29) is 0 Å². The van der Waals surface area contributed by atoms with Crippen LogP contribution in [0.15, 0.2) is 18.5 Å². The minimum atomic E-state index is 0.845. The van der Waals surface area contributed by atoms with Crippen LogP contribution in [0.2, 0.25) is 0 Å². The maximum Gasteiger partial charge on any atom is 0.0547 e. The molecule has 0 aliphatic carbocycles. The van der Waals surface area contributed by atoms with Gasteiger partial charge in [0.1, 0.15) is 0 Å². The van der Waals surface area contributed by atoms with Crippen molar-refractivity contribution in [1.82, 2.24) is 4.98 Å². The summed E-state index contributed by atoms with van der Waals surface area (Å²) in [6, 6.07) is 2.14. The predicted molar refractivity (Wildman–Crippen MR) is 89.4 cm³/mol. The summed E-state index contributed by atoms with van der Waals surface area (Å²) >= 11 is 0. The van der Waals surface area contributed by atoms with Crippen LogP contribution in [0.5, 0.6) is 0 Å². The molecular weight excluding hydrogens is 246 g/mol. The Balaban J connectivity index is 2.12. The monoisotopic (exact) mass is 277 g/mol. The van der Waals surface area contributed by atoms with Gasteiger partial charge in [-0.05, 0) is 24.8 Å². The van der Waals surface area contributed by atoms with Crippen molar-refractivity contribution in [2.24, 2.45) is 5.92 Å². The minimum absolute atomic E-state index is 0.845. The minimum Gasteiger partial charge on any atom is -0.384 e. The highest BCUT2D eigenvalue weighted by Gasteiger charge is 1.97. The quantitative estimate of drug-likeness (QED) is 0.564. The van der Waals surface area contributed by atoms with Crippen LogP contribution in [0, 0.1) is 5.92 Å². The van der Waals surface area contributed by atoms with Crippen molar-refractivity contribution in [3.05, 3.63) is 18.5 Å². The van der Waals surface area contributed by atoms with Crippen LogP contribution < -0.4 is 10.6 Å². The zero-order valence-corrected chi connectivity index (χ0v) is 13.4. The van der Waals surface area contributed by atoms with E-state index in [4.69, 9.17) is 0 Å². The van der Waals surface area contributed by atoms with E-state index >= 15 is 0 Å². The highest BCUT2D eigenvalue weighted by Crippen LogP contribution is 2.14. The molecule has 1 heterocycles. The van der Waals surface area contributed by atoms with Gasteiger partial charge in [0.05, 0.1) is 23.8 Å². The third kappa shape index (κ3) is 8.03. The average molecular weight is 277 g/mol. The smallest absolute Gasteiger partial charge is 0.0547 e. The molecule has 1 rings (SSSR count). The summed E-state index contributed by atoms with van der Waals surface area (Å²) in [6.07, 6.45) is 11.6. The Morgan fingerprint density at radius 3 is 2.25 bits per heavy atom. The zero-order valence-electron chi connectivity index (χ0n) is 13.4. The van der Waals surface area contributed by atoms with Crippen LogP contribution in [0.3, 0.4) is 0 Å². The van der Waals surface area contributed by atoms with Crippen molar-refractivity contribution in [1.29, 1.82) is 0 Å². The fourth-order valence-electron chi connectivity index (χ4n) is 2.17. The van der Waals surface area contributed by atoms with Gasteiger partial charge in [-0.3, -0.25) is 4.98 Å². The summed E-state index contributed by atoms with van der Waals surface area (Å²) in [6.45, 7) is 8.81. The second-order valence-corrected chi connectivity index (χ2v) is 5.91. The molecule has 1 aromatic heterocycles. The molecule has 114 valence electrons. The van der Waals surface area contributed by atoms with Crippen molar-refractivity contribution in [2.45, 2.75) is 59.3 Å². The van der Waals surface area contributed by atoms with Crippen molar-refractivity contribution < 1.29 is 0 Å². The van der Waals surface area contributed by atoms with Crippen LogP contribution in [-0.2, 0) is 0 Å².